The zero-order valence-electron chi connectivity index (χ0n) is 8.66. The van der Waals surface area contributed by atoms with Gasteiger partial charge in [0.25, 0.3) is 5.91 Å². The highest BCUT2D eigenvalue weighted by Crippen LogP contribution is 2.19. The third-order valence-corrected chi connectivity index (χ3v) is 1.97. The van der Waals surface area contributed by atoms with Crippen LogP contribution in [-0.4, -0.2) is 17.1 Å². The first-order valence-electron chi connectivity index (χ1n) is 4.62. The lowest BCUT2D eigenvalue weighted by Gasteiger charge is -2.10. The molecule has 0 aliphatic rings. The van der Waals surface area contributed by atoms with Gasteiger partial charge in [-0.2, -0.15) is 0 Å². The average Bonchev–Trinajstić information content (AvgIpc) is 2.08. The first-order chi connectivity index (χ1) is 6.52. The number of aromatic hydroxyl groups is 1. The Morgan fingerprint density at radius 1 is 1.43 bits per heavy atom. The summed E-state index contributed by atoms with van der Waals surface area (Å²) in [4.78, 5) is 11.6. The SMILES string of the molecule is Cc1c(O)cccc1C(=O)NC(C)C. The van der Waals surface area contributed by atoms with Crippen LogP contribution in [0, 0.1) is 6.92 Å². The predicted octanol–water partition coefficient (Wildman–Crippen LogP) is 1.84. The molecule has 0 aromatic heterocycles. The maximum Gasteiger partial charge on any atom is 0.251 e. The smallest absolute Gasteiger partial charge is 0.251 e. The third-order valence-electron chi connectivity index (χ3n) is 1.97. The summed E-state index contributed by atoms with van der Waals surface area (Å²) in [5.41, 5.74) is 1.14. The number of amides is 1. The molecule has 0 unspecified atom stereocenters. The number of rotatable bonds is 2. The molecule has 1 amide bonds. The molecule has 14 heavy (non-hydrogen) atoms. The Morgan fingerprint density at radius 3 is 2.64 bits per heavy atom. The molecule has 1 aromatic rings. The maximum atomic E-state index is 11.6. The van der Waals surface area contributed by atoms with Gasteiger partial charge >= 0.3 is 0 Å². The molecule has 0 atom stereocenters. The van der Waals surface area contributed by atoms with Gasteiger partial charge in [0, 0.05) is 17.2 Å². The van der Waals surface area contributed by atoms with Gasteiger partial charge in [-0.15, -0.1) is 0 Å². The normalized spacial score (nSPS) is 10.3. The zero-order chi connectivity index (χ0) is 10.7. The Balaban J connectivity index is 2.96. The molecule has 3 nitrogen and oxygen atoms in total. The van der Waals surface area contributed by atoms with Crippen molar-refractivity contribution in [3.63, 3.8) is 0 Å². The van der Waals surface area contributed by atoms with Gasteiger partial charge in [-0.25, -0.2) is 0 Å². The van der Waals surface area contributed by atoms with Crippen LogP contribution in [0.2, 0.25) is 0 Å². The van der Waals surface area contributed by atoms with Gasteiger partial charge in [-0.3, -0.25) is 4.79 Å². The number of carbonyl (C=O) groups is 1. The van der Waals surface area contributed by atoms with Gasteiger partial charge in [0.2, 0.25) is 0 Å². The Bertz CT molecular complexity index is 345. The van der Waals surface area contributed by atoms with E-state index in [1.807, 2.05) is 13.8 Å². The third kappa shape index (κ3) is 2.25. The molecule has 1 aromatic carbocycles. The van der Waals surface area contributed by atoms with E-state index in [-0.39, 0.29) is 17.7 Å². The van der Waals surface area contributed by atoms with E-state index in [9.17, 15) is 9.90 Å². The van der Waals surface area contributed by atoms with Crippen LogP contribution in [0.5, 0.6) is 5.75 Å². The molecule has 0 saturated carbocycles. The van der Waals surface area contributed by atoms with Crippen LogP contribution in [0.1, 0.15) is 29.8 Å². The molecule has 1 rings (SSSR count). The van der Waals surface area contributed by atoms with Crippen LogP contribution in [-0.2, 0) is 0 Å². The highest BCUT2D eigenvalue weighted by atomic mass is 16.3. The lowest BCUT2D eigenvalue weighted by Crippen LogP contribution is -2.30. The predicted molar refractivity (Wildman–Crippen MR) is 55.4 cm³/mol. The quantitative estimate of drug-likeness (QED) is 0.753. The average molecular weight is 193 g/mol. The van der Waals surface area contributed by atoms with Crippen molar-refractivity contribution in [1.29, 1.82) is 0 Å². The molecule has 3 heteroatoms. The van der Waals surface area contributed by atoms with Gasteiger partial charge in [0.15, 0.2) is 0 Å². The molecule has 0 fully saturated rings. The fraction of sp³-hybridized carbons (Fsp3) is 0.364. The van der Waals surface area contributed by atoms with Gasteiger partial charge in [0.1, 0.15) is 5.75 Å². The van der Waals surface area contributed by atoms with Crippen LogP contribution in [0.3, 0.4) is 0 Å². The summed E-state index contributed by atoms with van der Waals surface area (Å²) in [6.45, 7) is 5.52. The molecule has 0 bridgehead atoms. The van der Waals surface area contributed by atoms with E-state index in [0.717, 1.165) is 0 Å². The molecule has 0 aliphatic carbocycles. The summed E-state index contributed by atoms with van der Waals surface area (Å²) in [5, 5.41) is 12.2. The van der Waals surface area contributed by atoms with Crippen LogP contribution < -0.4 is 5.32 Å². The first-order valence-corrected chi connectivity index (χ1v) is 4.62. The van der Waals surface area contributed by atoms with Crippen LogP contribution >= 0.6 is 0 Å². The van der Waals surface area contributed by atoms with E-state index < -0.39 is 0 Å². The fourth-order valence-corrected chi connectivity index (χ4v) is 1.21. The van der Waals surface area contributed by atoms with Gasteiger partial charge < -0.3 is 10.4 Å². The number of phenols is 1. The fourth-order valence-electron chi connectivity index (χ4n) is 1.21. The molecule has 0 spiro atoms. The Kier molecular flexibility index (Phi) is 3.12. The van der Waals surface area contributed by atoms with Crippen molar-refractivity contribution in [2.24, 2.45) is 0 Å². The second-order valence-corrected chi connectivity index (χ2v) is 3.58. The topological polar surface area (TPSA) is 49.3 Å². The summed E-state index contributed by atoms with van der Waals surface area (Å²) in [5.74, 6) is 0.00908. The molecule has 76 valence electrons. The van der Waals surface area contributed by atoms with Crippen LogP contribution in [0.15, 0.2) is 18.2 Å². The number of hydrogen-bond donors (Lipinski definition) is 2. The second-order valence-electron chi connectivity index (χ2n) is 3.58. The minimum Gasteiger partial charge on any atom is -0.508 e. The molecule has 0 radical (unpaired) electrons. The molecule has 2 N–H and O–H groups in total. The minimum atomic E-state index is -0.145. The number of nitrogens with one attached hydrogen (secondary N) is 1. The Hall–Kier alpha value is -1.51. The van der Waals surface area contributed by atoms with E-state index in [2.05, 4.69) is 5.32 Å². The van der Waals surface area contributed by atoms with Crippen LogP contribution in [0.25, 0.3) is 0 Å². The first kappa shape index (κ1) is 10.6. The van der Waals surface area contributed by atoms with Crippen molar-refractivity contribution in [1.82, 2.24) is 5.32 Å². The lowest BCUT2D eigenvalue weighted by atomic mass is 10.1. The summed E-state index contributed by atoms with van der Waals surface area (Å²) in [7, 11) is 0. The monoisotopic (exact) mass is 193 g/mol. The van der Waals surface area contributed by atoms with Crippen molar-refractivity contribution in [2.45, 2.75) is 26.8 Å². The summed E-state index contributed by atoms with van der Waals surface area (Å²) >= 11 is 0. The van der Waals surface area contributed by atoms with Gasteiger partial charge in [-0.05, 0) is 32.9 Å². The van der Waals surface area contributed by atoms with Crippen molar-refractivity contribution < 1.29 is 9.90 Å². The summed E-state index contributed by atoms with van der Waals surface area (Å²) in [6.07, 6.45) is 0. The van der Waals surface area contributed by atoms with Crippen molar-refractivity contribution in [3.05, 3.63) is 29.3 Å². The zero-order valence-corrected chi connectivity index (χ0v) is 8.66. The van der Waals surface area contributed by atoms with Crippen molar-refractivity contribution in [2.75, 3.05) is 0 Å². The van der Waals surface area contributed by atoms with Gasteiger partial charge in [-0.1, -0.05) is 6.07 Å². The second kappa shape index (κ2) is 4.13. The highest BCUT2D eigenvalue weighted by molar-refractivity contribution is 5.96. The van der Waals surface area contributed by atoms with E-state index in [4.69, 9.17) is 0 Å². The maximum absolute atomic E-state index is 11.6. The summed E-state index contributed by atoms with van der Waals surface area (Å²) in [6, 6.07) is 5.04. The van der Waals surface area contributed by atoms with Crippen LogP contribution in [0.4, 0.5) is 0 Å². The van der Waals surface area contributed by atoms with Crippen molar-refractivity contribution >= 4 is 5.91 Å². The van der Waals surface area contributed by atoms with Gasteiger partial charge in [0.05, 0.1) is 0 Å². The van der Waals surface area contributed by atoms with E-state index in [0.29, 0.717) is 11.1 Å². The van der Waals surface area contributed by atoms with Crippen molar-refractivity contribution in [3.8, 4) is 5.75 Å². The molecule has 0 saturated heterocycles. The highest BCUT2D eigenvalue weighted by Gasteiger charge is 2.11. The van der Waals surface area contributed by atoms with E-state index >= 15 is 0 Å². The molecule has 0 heterocycles. The molecular formula is C11H15NO2. The number of hydrogen-bond acceptors (Lipinski definition) is 2. The summed E-state index contributed by atoms with van der Waals surface area (Å²) < 4.78 is 0. The number of benzene rings is 1. The largest absolute Gasteiger partial charge is 0.508 e. The lowest BCUT2D eigenvalue weighted by molar-refractivity contribution is 0.0942. The minimum absolute atomic E-state index is 0.101. The number of phenolic OH excluding ortho intramolecular Hbond substituents is 1. The van der Waals surface area contributed by atoms with E-state index in [1.54, 1.807) is 25.1 Å². The molecular weight excluding hydrogens is 178 g/mol. The van der Waals surface area contributed by atoms with E-state index in [1.165, 1.54) is 0 Å². The number of carbonyl (C=O) groups excluding carboxylic acids is 1. The standard InChI is InChI=1S/C11H15NO2/c1-7(2)12-11(14)9-5-4-6-10(13)8(9)3/h4-7,13H,1-3H3,(H,12,14). The Morgan fingerprint density at radius 2 is 2.07 bits per heavy atom. The molecule has 0 aliphatic heterocycles. The Labute approximate surface area is 83.8 Å².